The van der Waals surface area contributed by atoms with Crippen molar-refractivity contribution in [2.75, 3.05) is 25.5 Å². The summed E-state index contributed by atoms with van der Waals surface area (Å²) in [6, 6.07) is 0.207. The van der Waals surface area contributed by atoms with E-state index in [1.807, 2.05) is 13.8 Å². The standard InChI is InChI=1S/C12H20N4O2/c1-8(2)18-12-7-14-6-11(16-12)15-9-4-13-5-10(9)17-3/h6-10,13H,4-5H2,1-3H3,(H,15,16)/t9?,10-/m0/s1. The molecule has 0 spiro atoms. The van der Waals surface area contributed by atoms with Crippen molar-refractivity contribution in [3.8, 4) is 5.88 Å². The Morgan fingerprint density at radius 2 is 2.22 bits per heavy atom. The highest BCUT2D eigenvalue weighted by Gasteiger charge is 2.27. The molecule has 0 aliphatic carbocycles. The van der Waals surface area contributed by atoms with Gasteiger partial charge in [-0.05, 0) is 13.8 Å². The minimum atomic E-state index is 0.0921. The van der Waals surface area contributed by atoms with Crippen LogP contribution in [0.1, 0.15) is 13.8 Å². The van der Waals surface area contributed by atoms with Crippen molar-refractivity contribution in [2.24, 2.45) is 0 Å². The third-order valence-corrected chi connectivity index (χ3v) is 2.76. The fraction of sp³-hybridized carbons (Fsp3) is 0.667. The van der Waals surface area contributed by atoms with Crippen LogP contribution in [0.4, 0.5) is 5.82 Å². The zero-order chi connectivity index (χ0) is 13.0. The lowest BCUT2D eigenvalue weighted by atomic mass is 10.2. The van der Waals surface area contributed by atoms with Crippen molar-refractivity contribution in [1.82, 2.24) is 15.3 Å². The van der Waals surface area contributed by atoms with E-state index in [1.54, 1.807) is 19.5 Å². The highest BCUT2D eigenvalue weighted by atomic mass is 16.5. The first-order valence-corrected chi connectivity index (χ1v) is 6.18. The van der Waals surface area contributed by atoms with Gasteiger partial charge >= 0.3 is 0 Å². The summed E-state index contributed by atoms with van der Waals surface area (Å²) >= 11 is 0. The van der Waals surface area contributed by atoms with E-state index < -0.39 is 0 Å². The molecule has 2 N–H and O–H groups in total. The molecule has 0 bridgehead atoms. The molecule has 1 saturated heterocycles. The van der Waals surface area contributed by atoms with Crippen LogP contribution in [-0.4, -0.2) is 48.4 Å². The quantitative estimate of drug-likeness (QED) is 0.802. The molecule has 0 radical (unpaired) electrons. The number of anilines is 1. The average Bonchev–Trinajstić information content (AvgIpc) is 2.76. The zero-order valence-corrected chi connectivity index (χ0v) is 11.0. The Hall–Kier alpha value is -1.40. The van der Waals surface area contributed by atoms with Gasteiger partial charge in [-0.1, -0.05) is 0 Å². The molecule has 0 amide bonds. The molecule has 18 heavy (non-hydrogen) atoms. The number of ether oxygens (including phenoxy) is 2. The molecule has 0 aromatic carbocycles. The lowest BCUT2D eigenvalue weighted by Gasteiger charge is -2.19. The summed E-state index contributed by atoms with van der Waals surface area (Å²) in [5.41, 5.74) is 0. The summed E-state index contributed by atoms with van der Waals surface area (Å²) in [5, 5.41) is 6.59. The lowest BCUT2D eigenvalue weighted by Crippen LogP contribution is -2.33. The minimum Gasteiger partial charge on any atom is -0.474 e. The highest BCUT2D eigenvalue weighted by Crippen LogP contribution is 2.14. The first-order chi connectivity index (χ1) is 8.69. The number of hydrogen-bond acceptors (Lipinski definition) is 6. The van der Waals surface area contributed by atoms with Gasteiger partial charge in [-0.25, -0.2) is 0 Å². The van der Waals surface area contributed by atoms with Crippen molar-refractivity contribution in [1.29, 1.82) is 0 Å². The van der Waals surface area contributed by atoms with Crippen LogP contribution in [-0.2, 0) is 4.74 Å². The Morgan fingerprint density at radius 1 is 1.39 bits per heavy atom. The van der Waals surface area contributed by atoms with Gasteiger partial charge in [0.05, 0.1) is 30.6 Å². The van der Waals surface area contributed by atoms with E-state index >= 15 is 0 Å². The van der Waals surface area contributed by atoms with E-state index in [9.17, 15) is 0 Å². The molecule has 1 unspecified atom stereocenters. The number of rotatable bonds is 5. The third kappa shape index (κ3) is 3.30. The Balaban J connectivity index is 2.00. The van der Waals surface area contributed by atoms with Gasteiger partial charge in [-0.3, -0.25) is 4.98 Å². The Bertz CT molecular complexity index is 386. The molecule has 1 aliphatic rings. The molecular formula is C12H20N4O2. The third-order valence-electron chi connectivity index (χ3n) is 2.76. The molecular weight excluding hydrogens is 232 g/mol. The summed E-state index contributed by atoms with van der Waals surface area (Å²) in [6.07, 6.45) is 3.56. The molecule has 2 rings (SSSR count). The van der Waals surface area contributed by atoms with E-state index in [0.717, 1.165) is 13.1 Å². The monoisotopic (exact) mass is 252 g/mol. The maximum absolute atomic E-state index is 5.51. The van der Waals surface area contributed by atoms with Crippen LogP contribution >= 0.6 is 0 Å². The largest absolute Gasteiger partial charge is 0.474 e. The molecule has 0 saturated carbocycles. The highest BCUT2D eigenvalue weighted by molar-refractivity contribution is 5.35. The number of methoxy groups -OCH3 is 1. The van der Waals surface area contributed by atoms with Crippen molar-refractivity contribution in [3.63, 3.8) is 0 Å². The van der Waals surface area contributed by atoms with Gasteiger partial charge in [0.15, 0.2) is 0 Å². The van der Waals surface area contributed by atoms with Crippen molar-refractivity contribution >= 4 is 5.82 Å². The molecule has 1 aromatic rings. The number of nitrogens with one attached hydrogen (secondary N) is 2. The first-order valence-electron chi connectivity index (χ1n) is 6.18. The fourth-order valence-corrected chi connectivity index (χ4v) is 1.95. The predicted octanol–water partition coefficient (Wildman–Crippen LogP) is 0.662. The molecule has 100 valence electrons. The molecule has 6 nitrogen and oxygen atoms in total. The van der Waals surface area contributed by atoms with E-state index in [0.29, 0.717) is 11.7 Å². The van der Waals surface area contributed by atoms with E-state index in [1.165, 1.54) is 0 Å². The van der Waals surface area contributed by atoms with Gasteiger partial charge in [0.2, 0.25) is 5.88 Å². The summed E-state index contributed by atoms with van der Waals surface area (Å²) in [5.74, 6) is 1.25. The molecule has 1 fully saturated rings. The number of aromatic nitrogens is 2. The minimum absolute atomic E-state index is 0.0921. The van der Waals surface area contributed by atoms with Crippen LogP contribution in [0, 0.1) is 0 Å². The summed E-state index contributed by atoms with van der Waals surface area (Å²) in [7, 11) is 1.72. The Kier molecular flexibility index (Phi) is 4.33. The van der Waals surface area contributed by atoms with Gasteiger partial charge in [-0.2, -0.15) is 4.98 Å². The Morgan fingerprint density at radius 3 is 2.94 bits per heavy atom. The van der Waals surface area contributed by atoms with E-state index in [2.05, 4.69) is 20.6 Å². The van der Waals surface area contributed by atoms with Gasteiger partial charge < -0.3 is 20.1 Å². The predicted molar refractivity (Wildman–Crippen MR) is 68.9 cm³/mol. The van der Waals surface area contributed by atoms with Crippen LogP contribution < -0.4 is 15.4 Å². The van der Waals surface area contributed by atoms with Gasteiger partial charge in [0, 0.05) is 20.2 Å². The molecule has 6 heteroatoms. The number of nitrogens with zero attached hydrogens (tertiary/aromatic N) is 2. The Labute approximate surface area is 107 Å². The van der Waals surface area contributed by atoms with E-state index in [-0.39, 0.29) is 18.2 Å². The SMILES string of the molecule is CO[C@H]1CNCC1Nc1cncc(OC(C)C)n1. The zero-order valence-electron chi connectivity index (χ0n) is 11.0. The van der Waals surface area contributed by atoms with Crippen LogP contribution in [0.3, 0.4) is 0 Å². The average molecular weight is 252 g/mol. The smallest absolute Gasteiger partial charge is 0.234 e. The van der Waals surface area contributed by atoms with Crippen molar-refractivity contribution < 1.29 is 9.47 Å². The van der Waals surface area contributed by atoms with Gasteiger partial charge in [-0.15, -0.1) is 0 Å². The molecule has 1 aromatic heterocycles. The summed E-state index contributed by atoms with van der Waals surface area (Å²) < 4.78 is 10.9. The van der Waals surface area contributed by atoms with Crippen molar-refractivity contribution in [2.45, 2.75) is 32.1 Å². The molecule has 2 atom stereocenters. The maximum atomic E-state index is 5.51. The van der Waals surface area contributed by atoms with Crippen LogP contribution in [0.25, 0.3) is 0 Å². The lowest BCUT2D eigenvalue weighted by molar-refractivity contribution is 0.111. The van der Waals surface area contributed by atoms with Crippen LogP contribution in [0.2, 0.25) is 0 Å². The topological polar surface area (TPSA) is 68.3 Å². The fourth-order valence-electron chi connectivity index (χ4n) is 1.95. The van der Waals surface area contributed by atoms with Gasteiger partial charge in [0.1, 0.15) is 5.82 Å². The van der Waals surface area contributed by atoms with Crippen molar-refractivity contribution in [3.05, 3.63) is 12.4 Å². The number of hydrogen-bond donors (Lipinski definition) is 2. The normalized spacial score (nSPS) is 23.3. The summed E-state index contributed by atoms with van der Waals surface area (Å²) in [4.78, 5) is 8.49. The molecule has 2 heterocycles. The first kappa shape index (κ1) is 13.0. The van der Waals surface area contributed by atoms with Crippen LogP contribution in [0.5, 0.6) is 5.88 Å². The maximum Gasteiger partial charge on any atom is 0.234 e. The second-order valence-corrected chi connectivity index (χ2v) is 4.59. The summed E-state index contributed by atoms with van der Waals surface area (Å²) in [6.45, 7) is 5.63. The molecule has 1 aliphatic heterocycles. The second-order valence-electron chi connectivity index (χ2n) is 4.59. The van der Waals surface area contributed by atoms with E-state index in [4.69, 9.17) is 9.47 Å². The van der Waals surface area contributed by atoms with Crippen LogP contribution in [0.15, 0.2) is 12.4 Å². The second kappa shape index (κ2) is 5.97. The van der Waals surface area contributed by atoms with Gasteiger partial charge in [0.25, 0.3) is 0 Å².